The average Bonchev–Trinajstić information content (AvgIpc) is 0.918. The van der Waals surface area contributed by atoms with E-state index in [2.05, 4.69) is 13.8 Å². The van der Waals surface area contributed by atoms with E-state index in [1.54, 1.807) is 0 Å². The van der Waals surface area contributed by atoms with Crippen molar-refractivity contribution in [3.63, 3.8) is 0 Å². The summed E-state index contributed by atoms with van der Waals surface area (Å²) in [7, 11) is 0. The molecule has 0 unspecified atom stereocenters. The maximum absolute atomic E-state index is 2.12. The molecule has 0 aliphatic heterocycles. The van der Waals surface area contributed by atoms with E-state index in [1.807, 2.05) is 0 Å². The Morgan fingerprint density at radius 2 is 1.25 bits per heavy atom. The smallest absolute Gasteiger partial charge is 0.0590 e. The Hall–Kier alpha value is -0.0700. The molecule has 1 heteroatoms. The van der Waals surface area contributed by atoms with Crippen LogP contribution in [-0.2, 0) is 0 Å². The molecule has 0 radical (unpaired) electrons. The van der Waals surface area contributed by atoms with E-state index in [4.69, 9.17) is 0 Å². The van der Waals surface area contributed by atoms with Crippen LogP contribution >= 0.6 is 0 Å². The third-order valence-corrected chi connectivity index (χ3v) is 0. The normalized spacial score (nSPS) is 4.50. The van der Waals surface area contributed by atoms with Gasteiger partial charge in [0.25, 0.3) is 0 Å². The largest absolute Gasteiger partial charge is 0.269 e. The summed E-state index contributed by atoms with van der Waals surface area (Å²) in [5.41, 5.74) is 0. The zero-order valence-corrected chi connectivity index (χ0v) is 3.12. The number of halogens is 1. The Bertz CT molecular complexity index is 3.25. The Kier molecular flexibility index (Phi) is 28.6. The molecule has 0 N–H and O–H groups in total. The van der Waals surface area contributed by atoms with Crippen LogP contribution in [0.2, 0.25) is 0 Å². The van der Waals surface area contributed by atoms with Crippen molar-refractivity contribution in [3.05, 3.63) is 0 Å². The topological polar surface area (TPSA) is 0 Å². The van der Waals surface area contributed by atoms with Gasteiger partial charge in [-0.15, -0.1) is 0 Å². The molecule has 0 saturated carbocycles. The summed E-state index contributed by atoms with van der Waals surface area (Å²) in [6, 6.07) is 0. The molecule has 0 amide bonds. The predicted octanol–water partition coefficient (Wildman–Crippen LogP) is 1.57. The highest BCUT2D eigenvalue weighted by atomic mass is 19.0. The first kappa shape index (κ1) is 9.06. The van der Waals surface area contributed by atoms with Crippen LogP contribution in [0.25, 0.3) is 0 Å². The van der Waals surface area contributed by atoms with Crippen LogP contribution < -0.4 is 0 Å². The number of hydrogen-bond donors (Lipinski definition) is 0. The molecule has 0 bridgehead atoms. The fourth-order valence-electron chi connectivity index (χ4n) is 0. The van der Waals surface area contributed by atoms with Gasteiger partial charge in [-0.25, -0.2) is 0 Å². The standard InChI is InChI=1S/C3H8.FH/c1-3-2;/h3H2,1-2H3;1H. The van der Waals surface area contributed by atoms with Crippen molar-refractivity contribution < 1.29 is 4.70 Å². The summed E-state index contributed by atoms with van der Waals surface area (Å²) in [4.78, 5) is 0. The van der Waals surface area contributed by atoms with Crippen LogP contribution in [0.4, 0.5) is 4.70 Å². The molecule has 0 aromatic rings. The van der Waals surface area contributed by atoms with Gasteiger partial charge in [0.15, 0.2) is 0 Å². The second-order valence-electron chi connectivity index (χ2n) is 0.707. The van der Waals surface area contributed by atoms with Gasteiger partial charge < -0.3 is 0 Å². The molecule has 28 valence electrons. The highest BCUT2D eigenvalue weighted by Crippen LogP contribution is 1.56. The monoisotopic (exact) mass is 64.1 g/mol. The molecule has 0 saturated heterocycles. The number of rotatable bonds is 0. The van der Waals surface area contributed by atoms with Crippen LogP contribution in [0.15, 0.2) is 0 Å². The van der Waals surface area contributed by atoms with Gasteiger partial charge in [0.2, 0.25) is 0 Å². The summed E-state index contributed by atoms with van der Waals surface area (Å²) in [5.74, 6) is 0. The van der Waals surface area contributed by atoms with E-state index < -0.39 is 0 Å². The van der Waals surface area contributed by atoms with Crippen LogP contribution in [0, 0.1) is 0 Å². The highest BCUT2D eigenvalue weighted by Gasteiger charge is 1.35. The minimum absolute atomic E-state index is 0. The zero-order valence-electron chi connectivity index (χ0n) is 3.12. The minimum Gasteiger partial charge on any atom is -0.269 e. The SMILES string of the molecule is CCC.F. The molecule has 0 fully saturated rings. The fourth-order valence-corrected chi connectivity index (χ4v) is 0. The first-order chi connectivity index (χ1) is 1.41. The molecule has 0 aromatic carbocycles. The van der Waals surface area contributed by atoms with E-state index in [0.29, 0.717) is 0 Å². The fraction of sp³-hybridized carbons (Fsp3) is 1.00. The van der Waals surface area contributed by atoms with Crippen LogP contribution in [0.1, 0.15) is 20.3 Å². The minimum atomic E-state index is 0. The zero-order chi connectivity index (χ0) is 2.71. The predicted molar refractivity (Wildman–Crippen MR) is 18.5 cm³/mol. The van der Waals surface area contributed by atoms with Gasteiger partial charge in [-0.05, 0) is 0 Å². The molecule has 4 heavy (non-hydrogen) atoms. The van der Waals surface area contributed by atoms with Crippen molar-refractivity contribution in [2.75, 3.05) is 0 Å². The van der Waals surface area contributed by atoms with Gasteiger partial charge in [0, 0.05) is 0 Å². The number of hydrogen-bond acceptors (Lipinski definition) is 0. The molecule has 0 rings (SSSR count). The first-order valence-corrected chi connectivity index (χ1v) is 1.41. The van der Waals surface area contributed by atoms with Crippen molar-refractivity contribution in [1.82, 2.24) is 0 Å². The van der Waals surface area contributed by atoms with Crippen LogP contribution in [0.5, 0.6) is 0 Å². The van der Waals surface area contributed by atoms with Crippen LogP contribution in [-0.4, -0.2) is 0 Å². The second-order valence-corrected chi connectivity index (χ2v) is 0.707. The van der Waals surface area contributed by atoms with Crippen LogP contribution in [0.3, 0.4) is 0 Å². The van der Waals surface area contributed by atoms with E-state index in [-0.39, 0.29) is 4.70 Å². The average molecular weight is 64.1 g/mol. The Balaban J connectivity index is 0. The van der Waals surface area contributed by atoms with Crippen molar-refractivity contribution in [2.45, 2.75) is 20.3 Å². The summed E-state index contributed by atoms with van der Waals surface area (Å²) in [6.07, 6.45) is 1.25. The molecule has 0 aromatic heterocycles. The lowest BCUT2D eigenvalue weighted by molar-refractivity contribution is 1.09. The van der Waals surface area contributed by atoms with Gasteiger partial charge in [-0.1, -0.05) is 20.3 Å². The molecule has 0 heterocycles. The van der Waals surface area contributed by atoms with E-state index in [9.17, 15) is 0 Å². The molecular formula is C3H9F. The maximum Gasteiger partial charge on any atom is -0.0590 e. The third kappa shape index (κ3) is 341. The molecule has 0 atom stereocenters. The lowest BCUT2D eigenvalue weighted by atomic mass is 10.6. The molecule has 0 aliphatic carbocycles. The summed E-state index contributed by atoms with van der Waals surface area (Å²) < 4.78 is 0. The van der Waals surface area contributed by atoms with Gasteiger partial charge in [0.1, 0.15) is 0 Å². The van der Waals surface area contributed by atoms with Crippen molar-refractivity contribution in [1.29, 1.82) is 0 Å². The molecule has 0 spiro atoms. The van der Waals surface area contributed by atoms with E-state index in [1.165, 1.54) is 6.42 Å². The second kappa shape index (κ2) is 12.6. The Morgan fingerprint density at radius 3 is 1.25 bits per heavy atom. The highest BCUT2D eigenvalue weighted by molar-refractivity contribution is 3.92. The molecule has 0 aliphatic rings. The Morgan fingerprint density at radius 1 is 1.25 bits per heavy atom. The van der Waals surface area contributed by atoms with Gasteiger partial charge in [-0.2, -0.15) is 0 Å². The Labute approximate surface area is 26.2 Å². The molecule has 0 nitrogen and oxygen atoms in total. The van der Waals surface area contributed by atoms with Gasteiger partial charge in [-0.3, -0.25) is 4.70 Å². The van der Waals surface area contributed by atoms with E-state index >= 15 is 0 Å². The van der Waals surface area contributed by atoms with Crippen molar-refractivity contribution in [2.24, 2.45) is 0 Å². The summed E-state index contributed by atoms with van der Waals surface area (Å²) >= 11 is 0. The molecular weight excluding hydrogens is 55.0 g/mol. The quantitative estimate of drug-likeness (QED) is 0.401. The third-order valence-electron chi connectivity index (χ3n) is 0. The first-order valence-electron chi connectivity index (χ1n) is 1.41. The maximum atomic E-state index is 2.12. The van der Waals surface area contributed by atoms with Crippen molar-refractivity contribution in [3.8, 4) is 0 Å². The lowest BCUT2D eigenvalue weighted by Crippen LogP contribution is -1.27. The summed E-state index contributed by atoms with van der Waals surface area (Å²) in [6.45, 7) is 4.25. The van der Waals surface area contributed by atoms with Gasteiger partial charge in [0.05, 0.1) is 0 Å². The lowest BCUT2D eigenvalue weighted by Gasteiger charge is -1.48. The van der Waals surface area contributed by atoms with E-state index in [0.717, 1.165) is 0 Å². The van der Waals surface area contributed by atoms with Gasteiger partial charge >= 0.3 is 0 Å². The van der Waals surface area contributed by atoms with Crippen molar-refractivity contribution >= 4 is 0 Å². The summed E-state index contributed by atoms with van der Waals surface area (Å²) in [5, 5.41) is 0.